The van der Waals surface area contributed by atoms with E-state index in [4.69, 9.17) is 4.74 Å². The second kappa shape index (κ2) is 9.62. The molecule has 0 aliphatic heterocycles. The molecular weight excluding hydrogens is 305 g/mol. The van der Waals surface area contributed by atoms with Crippen LogP contribution in [0.3, 0.4) is 0 Å². The molecule has 2 N–H and O–H groups in total. The molecule has 5 heteroatoms. The Morgan fingerprint density at radius 1 is 1.25 bits per heavy atom. The number of hydrogen-bond acceptors (Lipinski definition) is 2. The number of nitrogens with one attached hydrogen (secondary N) is 2. The number of benzene rings is 1. The summed E-state index contributed by atoms with van der Waals surface area (Å²) in [6, 6.07) is 6.91. The van der Waals surface area contributed by atoms with E-state index in [2.05, 4.69) is 15.6 Å². The Hall–Kier alpha value is -1.62. The topological polar surface area (TPSA) is 45.7 Å². The Labute approximate surface area is 144 Å². The standard InChI is InChI=1S/C19H30FN3O/c1-21-18(22-13-9-16-7-3-4-8-17(16)20)23-15-19(12-14-24-2)10-5-6-11-19/h3-4,7-8H,5-6,9-15H2,1-2H3,(H2,21,22,23). The van der Waals surface area contributed by atoms with Crippen LogP contribution in [-0.2, 0) is 11.2 Å². The van der Waals surface area contributed by atoms with Crippen LogP contribution in [0.4, 0.5) is 4.39 Å². The summed E-state index contributed by atoms with van der Waals surface area (Å²) in [6.45, 7) is 2.38. The molecule has 0 unspecified atom stereocenters. The smallest absolute Gasteiger partial charge is 0.191 e. The Morgan fingerprint density at radius 3 is 2.67 bits per heavy atom. The molecule has 1 aromatic carbocycles. The molecule has 24 heavy (non-hydrogen) atoms. The van der Waals surface area contributed by atoms with Crippen molar-refractivity contribution in [2.75, 3.05) is 33.9 Å². The van der Waals surface area contributed by atoms with Gasteiger partial charge in [0.25, 0.3) is 0 Å². The van der Waals surface area contributed by atoms with Crippen LogP contribution in [0.1, 0.15) is 37.7 Å². The van der Waals surface area contributed by atoms with Crippen LogP contribution >= 0.6 is 0 Å². The molecule has 0 spiro atoms. The maximum atomic E-state index is 13.6. The number of guanidine groups is 1. The molecule has 0 amide bonds. The number of ether oxygens (including phenoxy) is 1. The molecule has 0 aromatic heterocycles. The summed E-state index contributed by atoms with van der Waals surface area (Å²) >= 11 is 0. The van der Waals surface area contributed by atoms with Gasteiger partial charge in [-0.15, -0.1) is 0 Å². The van der Waals surface area contributed by atoms with E-state index in [1.807, 2.05) is 12.1 Å². The average molecular weight is 335 g/mol. The monoisotopic (exact) mass is 335 g/mol. The maximum Gasteiger partial charge on any atom is 0.191 e. The normalized spacial score (nSPS) is 17.0. The first-order valence-corrected chi connectivity index (χ1v) is 8.86. The van der Waals surface area contributed by atoms with Crippen LogP contribution in [0.15, 0.2) is 29.3 Å². The Bertz CT molecular complexity index is 527. The third kappa shape index (κ3) is 5.48. The highest BCUT2D eigenvalue weighted by Gasteiger charge is 2.33. The first-order valence-electron chi connectivity index (χ1n) is 8.86. The van der Waals surface area contributed by atoms with E-state index < -0.39 is 0 Å². The molecule has 0 radical (unpaired) electrons. The van der Waals surface area contributed by atoms with Gasteiger partial charge in [-0.05, 0) is 42.7 Å². The molecule has 0 heterocycles. The lowest BCUT2D eigenvalue weighted by atomic mass is 9.83. The zero-order valence-electron chi connectivity index (χ0n) is 14.9. The summed E-state index contributed by atoms with van der Waals surface area (Å²) in [6.07, 6.45) is 6.81. The van der Waals surface area contributed by atoms with Crippen LogP contribution in [-0.4, -0.2) is 39.8 Å². The molecule has 1 fully saturated rings. The van der Waals surface area contributed by atoms with Gasteiger partial charge in [-0.1, -0.05) is 31.0 Å². The highest BCUT2D eigenvalue weighted by molar-refractivity contribution is 5.79. The van der Waals surface area contributed by atoms with Gasteiger partial charge in [0.05, 0.1) is 0 Å². The van der Waals surface area contributed by atoms with Crippen molar-refractivity contribution in [1.82, 2.24) is 10.6 Å². The fourth-order valence-electron chi connectivity index (χ4n) is 3.47. The van der Waals surface area contributed by atoms with Gasteiger partial charge in [0.15, 0.2) is 5.96 Å². The van der Waals surface area contributed by atoms with Gasteiger partial charge in [-0.3, -0.25) is 4.99 Å². The van der Waals surface area contributed by atoms with Crippen molar-refractivity contribution in [2.45, 2.75) is 38.5 Å². The fraction of sp³-hybridized carbons (Fsp3) is 0.632. The summed E-state index contributed by atoms with van der Waals surface area (Å²) in [5.41, 5.74) is 1.05. The minimum absolute atomic E-state index is 0.147. The largest absolute Gasteiger partial charge is 0.385 e. The maximum absolute atomic E-state index is 13.6. The van der Waals surface area contributed by atoms with E-state index in [9.17, 15) is 4.39 Å². The number of aliphatic imine (C=N–C) groups is 1. The number of hydrogen-bond donors (Lipinski definition) is 2. The van der Waals surface area contributed by atoms with Crippen molar-refractivity contribution in [3.63, 3.8) is 0 Å². The van der Waals surface area contributed by atoms with Crippen molar-refractivity contribution < 1.29 is 9.13 Å². The quantitative estimate of drug-likeness (QED) is 0.567. The zero-order chi connectivity index (χ0) is 17.3. The van der Waals surface area contributed by atoms with Gasteiger partial charge in [-0.2, -0.15) is 0 Å². The molecule has 4 nitrogen and oxygen atoms in total. The van der Waals surface area contributed by atoms with Crippen LogP contribution in [0.25, 0.3) is 0 Å². The first kappa shape index (κ1) is 18.7. The van der Waals surface area contributed by atoms with E-state index >= 15 is 0 Å². The highest BCUT2D eigenvalue weighted by Crippen LogP contribution is 2.40. The van der Waals surface area contributed by atoms with Crippen molar-refractivity contribution in [3.8, 4) is 0 Å². The second-order valence-electron chi connectivity index (χ2n) is 6.64. The number of halogens is 1. The van der Waals surface area contributed by atoms with Crippen molar-refractivity contribution in [2.24, 2.45) is 10.4 Å². The van der Waals surface area contributed by atoms with Crippen molar-refractivity contribution in [3.05, 3.63) is 35.6 Å². The SMILES string of the molecule is CN=C(NCCc1ccccc1F)NCC1(CCOC)CCCC1. The Kier molecular flexibility index (Phi) is 7.50. The van der Waals surface area contributed by atoms with Crippen molar-refractivity contribution >= 4 is 5.96 Å². The molecule has 0 bridgehead atoms. The van der Waals surface area contributed by atoms with Gasteiger partial charge >= 0.3 is 0 Å². The van der Waals surface area contributed by atoms with Gasteiger partial charge in [-0.25, -0.2) is 4.39 Å². The minimum Gasteiger partial charge on any atom is -0.385 e. The lowest BCUT2D eigenvalue weighted by Crippen LogP contribution is -2.44. The summed E-state index contributed by atoms with van der Waals surface area (Å²) in [5.74, 6) is 0.641. The van der Waals surface area contributed by atoms with Gasteiger partial charge < -0.3 is 15.4 Å². The second-order valence-corrected chi connectivity index (χ2v) is 6.64. The predicted octanol–water partition coefficient (Wildman–Crippen LogP) is 3.13. The summed E-state index contributed by atoms with van der Waals surface area (Å²) in [4.78, 5) is 4.28. The first-order chi connectivity index (χ1) is 11.7. The number of nitrogens with zero attached hydrogens (tertiary/aromatic N) is 1. The molecule has 0 saturated heterocycles. The van der Waals surface area contributed by atoms with E-state index in [1.54, 1.807) is 20.2 Å². The predicted molar refractivity (Wildman–Crippen MR) is 96.9 cm³/mol. The lowest BCUT2D eigenvalue weighted by molar-refractivity contribution is 0.138. The van der Waals surface area contributed by atoms with Crippen molar-refractivity contribution in [1.29, 1.82) is 0 Å². The summed E-state index contributed by atoms with van der Waals surface area (Å²) < 4.78 is 18.9. The van der Waals surface area contributed by atoms with E-state index in [-0.39, 0.29) is 5.82 Å². The molecule has 1 aromatic rings. The third-order valence-electron chi connectivity index (χ3n) is 5.00. The van der Waals surface area contributed by atoms with Crippen LogP contribution < -0.4 is 10.6 Å². The van der Waals surface area contributed by atoms with Crippen LogP contribution in [0.2, 0.25) is 0 Å². The van der Waals surface area contributed by atoms with E-state index in [1.165, 1.54) is 31.7 Å². The van der Waals surface area contributed by atoms with Gasteiger partial charge in [0, 0.05) is 33.9 Å². The summed E-state index contributed by atoms with van der Waals surface area (Å²) in [7, 11) is 3.54. The number of methoxy groups -OCH3 is 1. The Morgan fingerprint density at radius 2 is 2.00 bits per heavy atom. The van der Waals surface area contributed by atoms with Gasteiger partial charge in [0.2, 0.25) is 0 Å². The average Bonchev–Trinajstić information content (AvgIpc) is 3.07. The molecular formula is C19H30FN3O. The molecule has 1 aliphatic carbocycles. The molecule has 1 aliphatic rings. The molecule has 0 atom stereocenters. The summed E-state index contributed by atoms with van der Waals surface area (Å²) in [5, 5.41) is 6.73. The van der Waals surface area contributed by atoms with E-state index in [0.717, 1.165) is 31.1 Å². The Balaban J connectivity index is 1.78. The third-order valence-corrected chi connectivity index (χ3v) is 5.00. The van der Waals surface area contributed by atoms with E-state index in [0.29, 0.717) is 18.4 Å². The lowest BCUT2D eigenvalue weighted by Gasteiger charge is -2.30. The number of rotatable bonds is 8. The van der Waals surface area contributed by atoms with Crippen LogP contribution in [0, 0.1) is 11.2 Å². The molecule has 1 saturated carbocycles. The van der Waals surface area contributed by atoms with Gasteiger partial charge in [0.1, 0.15) is 5.82 Å². The molecule has 134 valence electrons. The van der Waals surface area contributed by atoms with Crippen LogP contribution in [0.5, 0.6) is 0 Å². The minimum atomic E-state index is -0.147. The molecule has 2 rings (SSSR count). The fourth-order valence-corrected chi connectivity index (χ4v) is 3.47. The zero-order valence-corrected chi connectivity index (χ0v) is 14.9. The highest BCUT2D eigenvalue weighted by atomic mass is 19.1.